The second-order valence-electron chi connectivity index (χ2n) is 18.1. The summed E-state index contributed by atoms with van der Waals surface area (Å²) in [5.74, 6) is 0. The lowest BCUT2D eigenvalue weighted by Crippen LogP contribution is -2.15. The van der Waals surface area contributed by atoms with Crippen molar-refractivity contribution in [1.29, 1.82) is 0 Å². The van der Waals surface area contributed by atoms with Gasteiger partial charge in [-0.1, -0.05) is 182 Å². The highest BCUT2D eigenvalue weighted by atomic mass is 16.3. The number of anilines is 6. The predicted octanol–water partition coefficient (Wildman–Crippen LogP) is 18.9. The second kappa shape index (κ2) is 16.6. The Kier molecular flexibility index (Phi) is 9.46. The lowest BCUT2D eigenvalue weighted by atomic mass is 10.0. The van der Waals surface area contributed by atoms with Crippen LogP contribution in [0.5, 0.6) is 0 Å². The van der Waals surface area contributed by atoms with Gasteiger partial charge < -0.3 is 23.2 Å². The van der Waals surface area contributed by atoms with Gasteiger partial charge in [0, 0.05) is 43.7 Å². The second-order valence-corrected chi connectivity index (χ2v) is 18.1. The van der Waals surface area contributed by atoms with Gasteiger partial charge in [0.1, 0.15) is 11.2 Å². The molecule has 334 valence electrons. The molecule has 0 aliphatic carbocycles. The summed E-state index contributed by atoms with van der Waals surface area (Å²) in [5, 5.41) is 6.64. The Hall–Kier alpha value is -9.58. The molecule has 14 aromatic rings. The Morgan fingerprint density at radius 3 is 1.08 bits per heavy atom. The SMILES string of the molecule is c1ccc(-c2ccc(N(c3cc(N(c4ccc(-c5ccccc5)cc4)c4cccc5c4oc4ccccc45)cc(-n4c5ccccc5c5ccccc54)c3)c3cccc4c3oc3ccccc34)cc2)cc1. The molecule has 5 heteroatoms. The molecule has 11 aromatic carbocycles. The van der Waals surface area contributed by atoms with Crippen LogP contribution in [0, 0.1) is 0 Å². The average Bonchev–Trinajstić information content (AvgIpc) is 4.13. The topological polar surface area (TPSA) is 37.7 Å². The van der Waals surface area contributed by atoms with E-state index < -0.39 is 0 Å². The molecule has 0 N–H and O–H groups in total. The van der Waals surface area contributed by atoms with Crippen LogP contribution in [0.15, 0.2) is 270 Å². The molecule has 0 unspecified atom stereocenters. The summed E-state index contributed by atoms with van der Waals surface area (Å²) in [7, 11) is 0. The van der Waals surface area contributed by atoms with Crippen LogP contribution in [0.3, 0.4) is 0 Å². The highest BCUT2D eigenvalue weighted by molar-refractivity contribution is 6.13. The summed E-state index contributed by atoms with van der Waals surface area (Å²) in [6.45, 7) is 0. The molecular weight excluding hydrogens is 867 g/mol. The van der Waals surface area contributed by atoms with Gasteiger partial charge in [-0.3, -0.25) is 0 Å². The Bertz CT molecular complexity index is 4010. The van der Waals surface area contributed by atoms with Crippen molar-refractivity contribution in [3.8, 4) is 27.9 Å². The molecule has 0 atom stereocenters. The predicted molar refractivity (Wildman–Crippen MR) is 296 cm³/mol. The largest absolute Gasteiger partial charge is 0.454 e. The van der Waals surface area contributed by atoms with Crippen LogP contribution in [0.1, 0.15) is 0 Å². The molecule has 0 aliphatic heterocycles. The quantitative estimate of drug-likeness (QED) is 0.145. The van der Waals surface area contributed by atoms with E-state index in [0.29, 0.717) is 0 Å². The molecule has 0 saturated carbocycles. The van der Waals surface area contributed by atoms with Gasteiger partial charge in [0.25, 0.3) is 0 Å². The molecule has 0 bridgehead atoms. The zero-order valence-corrected chi connectivity index (χ0v) is 38.5. The summed E-state index contributed by atoms with van der Waals surface area (Å²) in [4.78, 5) is 4.72. The minimum Gasteiger partial charge on any atom is -0.454 e. The molecule has 0 saturated heterocycles. The number of fused-ring (bicyclic) bond motifs is 9. The van der Waals surface area contributed by atoms with E-state index in [0.717, 1.165) is 117 Å². The minimum atomic E-state index is 0.810. The van der Waals surface area contributed by atoms with E-state index in [1.54, 1.807) is 0 Å². The first-order valence-corrected chi connectivity index (χ1v) is 24.1. The van der Waals surface area contributed by atoms with Crippen LogP contribution in [0.2, 0.25) is 0 Å². The molecule has 3 aromatic heterocycles. The van der Waals surface area contributed by atoms with Crippen molar-refractivity contribution < 1.29 is 8.83 Å². The van der Waals surface area contributed by atoms with Gasteiger partial charge in [-0.2, -0.15) is 0 Å². The van der Waals surface area contributed by atoms with E-state index >= 15 is 0 Å². The third kappa shape index (κ3) is 6.78. The van der Waals surface area contributed by atoms with Gasteiger partial charge in [0.15, 0.2) is 11.2 Å². The van der Waals surface area contributed by atoms with E-state index in [4.69, 9.17) is 8.83 Å². The normalized spacial score (nSPS) is 11.7. The van der Waals surface area contributed by atoms with Gasteiger partial charge in [-0.25, -0.2) is 0 Å². The summed E-state index contributed by atoms with van der Waals surface area (Å²) < 4.78 is 16.2. The Morgan fingerprint density at radius 2 is 0.634 bits per heavy atom. The maximum absolute atomic E-state index is 6.89. The van der Waals surface area contributed by atoms with Crippen molar-refractivity contribution in [2.45, 2.75) is 0 Å². The van der Waals surface area contributed by atoms with E-state index in [2.05, 4.69) is 263 Å². The van der Waals surface area contributed by atoms with Crippen molar-refractivity contribution >= 4 is 99.8 Å². The van der Waals surface area contributed by atoms with Crippen LogP contribution < -0.4 is 9.80 Å². The molecule has 3 heterocycles. The van der Waals surface area contributed by atoms with Crippen molar-refractivity contribution in [1.82, 2.24) is 4.57 Å². The van der Waals surface area contributed by atoms with Crippen LogP contribution in [-0.2, 0) is 0 Å². The fourth-order valence-electron chi connectivity index (χ4n) is 10.7. The van der Waals surface area contributed by atoms with Crippen LogP contribution in [0.25, 0.3) is 93.6 Å². The van der Waals surface area contributed by atoms with Crippen LogP contribution in [0.4, 0.5) is 34.1 Å². The fraction of sp³-hybridized carbons (Fsp3) is 0. The molecule has 5 nitrogen and oxygen atoms in total. The molecule has 0 fully saturated rings. The highest BCUT2D eigenvalue weighted by Crippen LogP contribution is 2.48. The van der Waals surface area contributed by atoms with Crippen LogP contribution >= 0.6 is 0 Å². The van der Waals surface area contributed by atoms with E-state index in [9.17, 15) is 0 Å². The maximum Gasteiger partial charge on any atom is 0.159 e. The van der Waals surface area contributed by atoms with Crippen molar-refractivity contribution in [3.63, 3.8) is 0 Å². The third-order valence-electron chi connectivity index (χ3n) is 14.0. The standard InChI is InChI=1S/C66H43N3O2/c1-3-17-44(18-4-1)46-33-37-48(38-34-46)67(61-29-15-25-57-55-23-9-13-31-63(55)70-65(57)61)50-41-51(43-52(42-50)69-59-27-11-7-21-53(59)54-22-8-12-28-60(54)69)68(49-39-35-47(36-40-49)45-19-5-2-6-20-45)62-30-16-26-58-56-24-10-14-32-64(56)71-66(58)62/h1-43H. The molecule has 0 spiro atoms. The molecular formula is C66H43N3O2. The summed E-state index contributed by atoms with van der Waals surface area (Å²) >= 11 is 0. The number of hydrogen-bond acceptors (Lipinski definition) is 4. The Balaban J connectivity index is 1.08. The van der Waals surface area contributed by atoms with E-state index in [-0.39, 0.29) is 0 Å². The van der Waals surface area contributed by atoms with E-state index in [1.165, 1.54) is 10.8 Å². The van der Waals surface area contributed by atoms with Gasteiger partial charge in [0.2, 0.25) is 0 Å². The molecule has 14 rings (SSSR count). The average molecular weight is 910 g/mol. The lowest BCUT2D eigenvalue weighted by molar-refractivity contribution is 0.669. The first-order chi connectivity index (χ1) is 35.2. The molecule has 0 aliphatic rings. The molecule has 0 radical (unpaired) electrons. The van der Waals surface area contributed by atoms with Gasteiger partial charge in [-0.15, -0.1) is 0 Å². The number of furan rings is 2. The Morgan fingerprint density at radius 1 is 0.268 bits per heavy atom. The maximum atomic E-state index is 6.89. The van der Waals surface area contributed by atoms with Gasteiger partial charge in [0.05, 0.1) is 39.5 Å². The monoisotopic (exact) mass is 909 g/mol. The molecule has 0 amide bonds. The van der Waals surface area contributed by atoms with Crippen molar-refractivity contribution in [2.75, 3.05) is 9.80 Å². The first kappa shape index (κ1) is 40.5. The zero-order valence-electron chi connectivity index (χ0n) is 38.5. The fourth-order valence-corrected chi connectivity index (χ4v) is 10.7. The number of rotatable bonds is 9. The number of para-hydroxylation sites is 6. The number of aromatic nitrogens is 1. The summed E-state index contributed by atoms with van der Waals surface area (Å²) in [6.07, 6.45) is 0. The number of hydrogen-bond donors (Lipinski definition) is 0. The minimum absolute atomic E-state index is 0.810. The van der Waals surface area contributed by atoms with Crippen molar-refractivity contribution in [3.05, 3.63) is 261 Å². The highest BCUT2D eigenvalue weighted by Gasteiger charge is 2.26. The first-order valence-electron chi connectivity index (χ1n) is 24.1. The van der Waals surface area contributed by atoms with E-state index in [1.807, 2.05) is 12.1 Å². The lowest BCUT2D eigenvalue weighted by Gasteiger charge is -2.30. The Labute approximate surface area is 409 Å². The van der Waals surface area contributed by atoms with Crippen molar-refractivity contribution in [2.24, 2.45) is 0 Å². The number of benzene rings is 11. The van der Waals surface area contributed by atoms with Crippen LogP contribution in [-0.4, -0.2) is 4.57 Å². The zero-order chi connectivity index (χ0) is 46.8. The molecule has 71 heavy (non-hydrogen) atoms. The summed E-state index contributed by atoms with van der Waals surface area (Å²) in [6, 6.07) is 92.9. The smallest absolute Gasteiger partial charge is 0.159 e. The number of nitrogens with zero attached hydrogens (tertiary/aromatic N) is 3. The third-order valence-corrected chi connectivity index (χ3v) is 14.0. The summed E-state index contributed by atoms with van der Waals surface area (Å²) in [5.41, 5.74) is 16.9. The van der Waals surface area contributed by atoms with Gasteiger partial charge in [-0.05, 0) is 101 Å². The van der Waals surface area contributed by atoms with Gasteiger partial charge >= 0.3 is 0 Å².